The van der Waals surface area contributed by atoms with Gasteiger partial charge in [0.25, 0.3) is 5.91 Å². The molecule has 22 heavy (non-hydrogen) atoms. The Kier molecular flexibility index (Phi) is 6.67. The number of rotatable bonds is 7. The Morgan fingerprint density at radius 1 is 1.36 bits per heavy atom. The topological polar surface area (TPSA) is 58.6 Å². The molecule has 0 saturated heterocycles. The highest BCUT2D eigenvalue weighted by Crippen LogP contribution is 2.36. The van der Waals surface area contributed by atoms with E-state index in [9.17, 15) is 23.1 Å². The largest absolute Gasteiger partial charge is 0.480 e. The van der Waals surface area contributed by atoms with Crippen molar-refractivity contribution < 1.29 is 27.8 Å². The maximum atomic E-state index is 12.8. The molecule has 1 amide bonds. The van der Waals surface area contributed by atoms with Crippen LogP contribution in [0.4, 0.5) is 13.2 Å². The number of carbonyl (C=O) groups excluding carboxylic acids is 1. The molecule has 0 bridgehead atoms. The predicted octanol–water partition coefficient (Wildman–Crippen LogP) is 2.75. The van der Waals surface area contributed by atoms with E-state index in [0.717, 1.165) is 12.5 Å². The third-order valence-corrected chi connectivity index (χ3v) is 3.00. The van der Waals surface area contributed by atoms with Crippen molar-refractivity contribution in [3.05, 3.63) is 29.8 Å². The average molecular weight is 319 g/mol. The molecule has 2 unspecified atom stereocenters. The van der Waals surface area contributed by atoms with Crippen molar-refractivity contribution in [1.82, 2.24) is 5.32 Å². The molecular weight excluding hydrogens is 299 g/mol. The van der Waals surface area contributed by atoms with Gasteiger partial charge in [0.2, 0.25) is 0 Å². The van der Waals surface area contributed by atoms with Crippen LogP contribution < -0.4 is 10.1 Å². The van der Waals surface area contributed by atoms with Crippen LogP contribution in [0.25, 0.3) is 0 Å². The second kappa shape index (κ2) is 8.03. The van der Waals surface area contributed by atoms with Crippen LogP contribution in [-0.4, -0.2) is 29.8 Å². The first kappa shape index (κ1) is 18.3. The van der Waals surface area contributed by atoms with Gasteiger partial charge in [0.05, 0.1) is 11.7 Å². The van der Waals surface area contributed by atoms with Crippen molar-refractivity contribution in [2.75, 3.05) is 6.54 Å². The van der Waals surface area contributed by atoms with Crippen molar-refractivity contribution in [2.45, 2.75) is 45.1 Å². The molecule has 1 aromatic rings. The quantitative estimate of drug-likeness (QED) is 0.812. The lowest BCUT2D eigenvalue weighted by Gasteiger charge is -2.19. The van der Waals surface area contributed by atoms with Crippen LogP contribution in [0.1, 0.15) is 32.3 Å². The third kappa shape index (κ3) is 5.55. The number of ether oxygens (including phenoxy) is 1. The summed E-state index contributed by atoms with van der Waals surface area (Å²) in [5.41, 5.74) is -0.930. The number of nitrogens with one attached hydrogen (secondary N) is 1. The summed E-state index contributed by atoms with van der Waals surface area (Å²) in [6.45, 7) is 3.29. The van der Waals surface area contributed by atoms with Gasteiger partial charge in [-0.15, -0.1) is 0 Å². The summed E-state index contributed by atoms with van der Waals surface area (Å²) in [6.07, 6.45) is -5.03. The maximum absolute atomic E-state index is 12.8. The second-order valence-electron chi connectivity index (χ2n) is 4.94. The molecule has 0 aromatic heterocycles. The summed E-state index contributed by atoms with van der Waals surface area (Å²) >= 11 is 0. The number of benzene rings is 1. The fourth-order valence-electron chi connectivity index (χ4n) is 1.84. The van der Waals surface area contributed by atoms with Gasteiger partial charge in [0.1, 0.15) is 5.75 Å². The Morgan fingerprint density at radius 2 is 2.00 bits per heavy atom. The lowest BCUT2D eigenvalue weighted by Crippen LogP contribution is -2.40. The first-order chi connectivity index (χ1) is 10.3. The monoisotopic (exact) mass is 319 g/mol. The summed E-state index contributed by atoms with van der Waals surface area (Å²) in [7, 11) is 0. The maximum Gasteiger partial charge on any atom is 0.419 e. The first-order valence-corrected chi connectivity index (χ1v) is 7.04. The molecule has 0 spiro atoms. The number of aliphatic hydroxyl groups is 1. The minimum atomic E-state index is -4.55. The molecule has 4 nitrogen and oxygen atoms in total. The number of alkyl halides is 3. The Morgan fingerprint density at radius 3 is 2.59 bits per heavy atom. The highest BCUT2D eigenvalue weighted by atomic mass is 19.4. The zero-order valence-electron chi connectivity index (χ0n) is 12.5. The second-order valence-corrected chi connectivity index (χ2v) is 4.94. The van der Waals surface area contributed by atoms with Gasteiger partial charge in [-0.05, 0) is 25.5 Å². The summed E-state index contributed by atoms with van der Waals surface area (Å²) < 4.78 is 43.6. The van der Waals surface area contributed by atoms with Crippen LogP contribution in [-0.2, 0) is 11.0 Å². The van der Waals surface area contributed by atoms with Gasteiger partial charge in [-0.1, -0.05) is 25.5 Å². The lowest BCUT2D eigenvalue weighted by molar-refractivity contribution is -0.140. The molecule has 124 valence electrons. The fraction of sp³-hybridized carbons (Fsp3) is 0.533. The van der Waals surface area contributed by atoms with Gasteiger partial charge in [-0.25, -0.2) is 0 Å². The van der Waals surface area contributed by atoms with Crippen molar-refractivity contribution in [3.63, 3.8) is 0 Å². The minimum Gasteiger partial charge on any atom is -0.480 e. The van der Waals surface area contributed by atoms with Crippen LogP contribution in [0.2, 0.25) is 0 Å². The van der Waals surface area contributed by atoms with Crippen LogP contribution in [0.3, 0.4) is 0 Å². The van der Waals surface area contributed by atoms with E-state index in [4.69, 9.17) is 4.74 Å². The van der Waals surface area contributed by atoms with Gasteiger partial charge in [-0.3, -0.25) is 4.79 Å². The van der Waals surface area contributed by atoms with E-state index in [0.29, 0.717) is 6.42 Å². The summed E-state index contributed by atoms with van der Waals surface area (Å²) in [5.74, 6) is -0.973. The zero-order valence-corrected chi connectivity index (χ0v) is 12.5. The van der Waals surface area contributed by atoms with Gasteiger partial charge in [0, 0.05) is 6.54 Å². The van der Waals surface area contributed by atoms with Gasteiger partial charge in [0.15, 0.2) is 6.10 Å². The zero-order chi connectivity index (χ0) is 16.8. The molecule has 0 aliphatic heterocycles. The van der Waals surface area contributed by atoms with E-state index in [2.05, 4.69) is 5.32 Å². The third-order valence-electron chi connectivity index (χ3n) is 3.00. The van der Waals surface area contributed by atoms with E-state index in [1.165, 1.54) is 25.1 Å². The lowest BCUT2D eigenvalue weighted by atomic mass is 10.2. The van der Waals surface area contributed by atoms with Gasteiger partial charge < -0.3 is 15.2 Å². The normalized spacial score (nSPS) is 14.3. The van der Waals surface area contributed by atoms with E-state index in [1.807, 2.05) is 6.92 Å². The molecular formula is C15H20F3NO3. The van der Waals surface area contributed by atoms with Crippen molar-refractivity contribution in [1.29, 1.82) is 0 Å². The molecule has 1 aromatic carbocycles. The summed E-state index contributed by atoms with van der Waals surface area (Å²) in [5, 5.41) is 12.0. The molecule has 0 aliphatic carbocycles. The van der Waals surface area contributed by atoms with E-state index >= 15 is 0 Å². The average Bonchev–Trinajstić information content (AvgIpc) is 2.44. The van der Waals surface area contributed by atoms with Crippen molar-refractivity contribution >= 4 is 5.91 Å². The SMILES string of the molecule is CCCC(O)CNC(=O)C(C)Oc1ccccc1C(F)(F)F. The van der Waals surface area contributed by atoms with Crippen molar-refractivity contribution in [3.8, 4) is 5.75 Å². The molecule has 0 fully saturated rings. The molecule has 2 atom stereocenters. The smallest absolute Gasteiger partial charge is 0.419 e. The first-order valence-electron chi connectivity index (χ1n) is 7.04. The van der Waals surface area contributed by atoms with Crippen LogP contribution >= 0.6 is 0 Å². The number of halogens is 3. The molecule has 0 radical (unpaired) electrons. The fourth-order valence-corrected chi connectivity index (χ4v) is 1.84. The number of hydrogen-bond acceptors (Lipinski definition) is 3. The summed E-state index contributed by atoms with van der Waals surface area (Å²) in [6, 6.07) is 4.71. The van der Waals surface area contributed by atoms with E-state index in [-0.39, 0.29) is 6.54 Å². The molecule has 0 heterocycles. The Balaban J connectivity index is 2.65. The predicted molar refractivity (Wildman–Crippen MR) is 75.5 cm³/mol. The van der Waals surface area contributed by atoms with E-state index < -0.39 is 35.6 Å². The molecule has 0 saturated carbocycles. The summed E-state index contributed by atoms with van der Waals surface area (Å²) in [4.78, 5) is 11.8. The van der Waals surface area contributed by atoms with Crippen LogP contribution in [0.5, 0.6) is 5.75 Å². The van der Waals surface area contributed by atoms with Gasteiger partial charge in [-0.2, -0.15) is 13.2 Å². The molecule has 2 N–H and O–H groups in total. The number of para-hydroxylation sites is 1. The van der Waals surface area contributed by atoms with Gasteiger partial charge >= 0.3 is 6.18 Å². The highest BCUT2D eigenvalue weighted by Gasteiger charge is 2.34. The Hall–Kier alpha value is -1.76. The molecule has 1 rings (SSSR count). The standard InChI is InChI=1S/C15H20F3NO3/c1-3-6-11(20)9-19-14(21)10(2)22-13-8-5-4-7-12(13)15(16,17)18/h4-5,7-8,10-11,20H,3,6,9H2,1-2H3,(H,19,21). The van der Waals surface area contributed by atoms with Crippen LogP contribution in [0, 0.1) is 0 Å². The Labute approximate surface area is 127 Å². The highest BCUT2D eigenvalue weighted by molar-refractivity contribution is 5.80. The van der Waals surface area contributed by atoms with E-state index in [1.54, 1.807) is 0 Å². The van der Waals surface area contributed by atoms with Crippen molar-refractivity contribution in [2.24, 2.45) is 0 Å². The molecule has 7 heteroatoms. The number of aliphatic hydroxyl groups excluding tert-OH is 1. The number of hydrogen-bond donors (Lipinski definition) is 2. The number of carbonyl (C=O) groups is 1. The Bertz CT molecular complexity index is 491. The minimum absolute atomic E-state index is 0.0429. The molecule has 0 aliphatic rings. The number of amides is 1. The van der Waals surface area contributed by atoms with Crippen LogP contribution in [0.15, 0.2) is 24.3 Å².